The molecule has 0 radical (unpaired) electrons. The predicted molar refractivity (Wildman–Crippen MR) is 99.3 cm³/mol. The van der Waals surface area contributed by atoms with Crippen LogP contribution in [0.25, 0.3) is 5.69 Å². The summed E-state index contributed by atoms with van der Waals surface area (Å²) in [4.78, 5) is 28.4. The first kappa shape index (κ1) is 16.1. The van der Waals surface area contributed by atoms with E-state index >= 15 is 0 Å². The number of hydrogen-bond donors (Lipinski definition) is 2. The quantitative estimate of drug-likeness (QED) is 0.716. The lowest BCUT2D eigenvalue weighted by molar-refractivity contribution is -0.132. The van der Waals surface area contributed by atoms with Crippen LogP contribution in [0.4, 0.5) is 11.4 Å². The van der Waals surface area contributed by atoms with E-state index in [0.29, 0.717) is 11.4 Å². The highest BCUT2D eigenvalue weighted by Gasteiger charge is 2.16. The van der Waals surface area contributed by atoms with Crippen molar-refractivity contribution in [1.29, 1.82) is 0 Å². The van der Waals surface area contributed by atoms with Crippen LogP contribution in [0, 0.1) is 0 Å². The van der Waals surface area contributed by atoms with Crippen LogP contribution in [0.1, 0.15) is 17.5 Å². The Bertz CT molecular complexity index is 964. The highest BCUT2D eigenvalue weighted by atomic mass is 16.2. The van der Waals surface area contributed by atoms with Crippen LogP contribution in [0.2, 0.25) is 0 Å². The average molecular weight is 346 g/mol. The number of nitrogens with zero attached hydrogens (tertiary/aromatic N) is 2. The van der Waals surface area contributed by atoms with Crippen LogP contribution in [-0.4, -0.2) is 21.4 Å². The summed E-state index contributed by atoms with van der Waals surface area (Å²) < 4.78 is 1.82. The molecular formula is C20H18N4O2. The van der Waals surface area contributed by atoms with E-state index in [1.807, 2.05) is 41.1 Å². The van der Waals surface area contributed by atoms with Crippen LogP contribution in [0.3, 0.4) is 0 Å². The molecule has 6 nitrogen and oxygen atoms in total. The number of aromatic nitrogens is 2. The van der Waals surface area contributed by atoms with E-state index in [0.717, 1.165) is 24.9 Å². The molecule has 130 valence electrons. The number of hydrogen-bond acceptors (Lipinski definition) is 3. The van der Waals surface area contributed by atoms with Gasteiger partial charge in [-0.05, 0) is 60.7 Å². The van der Waals surface area contributed by atoms with E-state index in [9.17, 15) is 9.59 Å². The largest absolute Gasteiger partial charge is 0.318 e. The van der Waals surface area contributed by atoms with Gasteiger partial charge in [-0.2, -0.15) is 0 Å². The lowest BCUT2D eigenvalue weighted by Gasteiger charge is -2.09. The first-order valence-corrected chi connectivity index (χ1v) is 8.51. The molecule has 0 unspecified atom stereocenters. The minimum atomic E-state index is -0.701. The molecule has 0 aliphatic heterocycles. The number of rotatable bonds is 3. The number of carbonyl (C=O) groups excluding carboxylic acids is 2. The minimum Gasteiger partial charge on any atom is -0.318 e. The molecule has 26 heavy (non-hydrogen) atoms. The third-order valence-corrected chi connectivity index (χ3v) is 4.47. The maximum absolute atomic E-state index is 12.2. The number of carbonyl (C=O) groups is 2. The Morgan fingerprint density at radius 2 is 1.69 bits per heavy atom. The summed E-state index contributed by atoms with van der Waals surface area (Å²) in [6, 6.07) is 13.0. The number of imidazole rings is 1. The average Bonchev–Trinajstić information content (AvgIpc) is 3.33. The summed E-state index contributed by atoms with van der Waals surface area (Å²) in [5.41, 5.74) is 4.61. The van der Waals surface area contributed by atoms with Crippen molar-refractivity contribution < 1.29 is 9.59 Å². The van der Waals surface area contributed by atoms with Gasteiger partial charge in [-0.25, -0.2) is 4.98 Å². The topological polar surface area (TPSA) is 76.0 Å². The molecule has 1 aliphatic carbocycles. The van der Waals surface area contributed by atoms with Crippen molar-refractivity contribution in [3.63, 3.8) is 0 Å². The molecule has 0 spiro atoms. The first-order valence-electron chi connectivity index (χ1n) is 8.51. The number of fused-ring (bicyclic) bond motifs is 1. The molecule has 1 aliphatic rings. The predicted octanol–water partition coefficient (Wildman–Crippen LogP) is 2.94. The van der Waals surface area contributed by atoms with Gasteiger partial charge in [0, 0.05) is 29.5 Å². The van der Waals surface area contributed by atoms with Gasteiger partial charge >= 0.3 is 11.8 Å². The van der Waals surface area contributed by atoms with Gasteiger partial charge in [-0.1, -0.05) is 12.1 Å². The van der Waals surface area contributed by atoms with Crippen molar-refractivity contribution >= 4 is 23.2 Å². The van der Waals surface area contributed by atoms with Crippen molar-refractivity contribution in [2.24, 2.45) is 0 Å². The highest BCUT2D eigenvalue weighted by Crippen LogP contribution is 2.25. The van der Waals surface area contributed by atoms with Crippen LogP contribution in [0.15, 0.2) is 61.2 Å². The molecule has 3 aromatic rings. The van der Waals surface area contributed by atoms with Gasteiger partial charge in [0.1, 0.15) is 0 Å². The Balaban J connectivity index is 1.43. The number of anilines is 2. The van der Waals surface area contributed by atoms with E-state index in [2.05, 4.69) is 15.6 Å². The van der Waals surface area contributed by atoms with Crippen LogP contribution >= 0.6 is 0 Å². The molecule has 0 fully saturated rings. The Hall–Kier alpha value is -3.41. The zero-order valence-electron chi connectivity index (χ0n) is 14.1. The molecule has 0 atom stereocenters. The molecule has 4 rings (SSSR count). The lowest BCUT2D eigenvalue weighted by Crippen LogP contribution is -2.29. The fourth-order valence-electron chi connectivity index (χ4n) is 3.18. The van der Waals surface area contributed by atoms with Crippen LogP contribution in [0.5, 0.6) is 0 Å². The molecule has 2 N–H and O–H groups in total. The second-order valence-corrected chi connectivity index (χ2v) is 6.27. The van der Waals surface area contributed by atoms with E-state index in [4.69, 9.17) is 0 Å². The van der Waals surface area contributed by atoms with Crippen molar-refractivity contribution in [3.05, 3.63) is 72.3 Å². The van der Waals surface area contributed by atoms with E-state index in [1.165, 1.54) is 11.1 Å². The number of amides is 2. The first-order chi connectivity index (χ1) is 12.7. The van der Waals surface area contributed by atoms with Gasteiger partial charge in [0.05, 0.1) is 6.33 Å². The normalized spacial score (nSPS) is 12.5. The molecular weight excluding hydrogens is 328 g/mol. The second kappa shape index (κ2) is 6.84. The second-order valence-electron chi connectivity index (χ2n) is 6.27. The Kier molecular flexibility index (Phi) is 4.23. The summed E-state index contributed by atoms with van der Waals surface area (Å²) in [5.74, 6) is -1.38. The van der Waals surface area contributed by atoms with Crippen molar-refractivity contribution in [3.8, 4) is 5.69 Å². The maximum Gasteiger partial charge on any atom is 0.314 e. The van der Waals surface area contributed by atoms with E-state index < -0.39 is 11.8 Å². The van der Waals surface area contributed by atoms with Crippen LogP contribution < -0.4 is 10.6 Å². The molecule has 6 heteroatoms. The molecule has 1 aromatic heterocycles. The minimum absolute atomic E-state index is 0.547. The Morgan fingerprint density at radius 1 is 0.923 bits per heavy atom. The fourth-order valence-corrected chi connectivity index (χ4v) is 3.18. The highest BCUT2D eigenvalue weighted by molar-refractivity contribution is 6.43. The van der Waals surface area contributed by atoms with Gasteiger partial charge in [0.25, 0.3) is 0 Å². The summed E-state index contributed by atoms with van der Waals surface area (Å²) in [6.45, 7) is 0. The number of nitrogens with one attached hydrogen (secondary N) is 2. The molecule has 2 amide bonds. The molecule has 2 aromatic carbocycles. The summed E-state index contributed by atoms with van der Waals surface area (Å²) in [6.07, 6.45) is 8.39. The molecule has 0 bridgehead atoms. The maximum atomic E-state index is 12.2. The number of aryl methyl sites for hydroxylation is 2. The molecule has 1 heterocycles. The number of benzene rings is 2. The summed E-state index contributed by atoms with van der Waals surface area (Å²) in [7, 11) is 0. The molecule has 0 saturated carbocycles. The van der Waals surface area contributed by atoms with Gasteiger partial charge < -0.3 is 15.2 Å². The fraction of sp³-hybridized carbons (Fsp3) is 0.150. The van der Waals surface area contributed by atoms with Crippen LogP contribution in [-0.2, 0) is 22.4 Å². The Labute approximate surface area is 150 Å². The van der Waals surface area contributed by atoms with Gasteiger partial charge in [0.15, 0.2) is 0 Å². The summed E-state index contributed by atoms with van der Waals surface area (Å²) in [5, 5.41) is 5.30. The van der Waals surface area contributed by atoms with Crippen molar-refractivity contribution in [1.82, 2.24) is 9.55 Å². The van der Waals surface area contributed by atoms with Gasteiger partial charge in [-0.15, -0.1) is 0 Å². The lowest BCUT2D eigenvalue weighted by atomic mass is 10.1. The van der Waals surface area contributed by atoms with Gasteiger partial charge in [-0.3, -0.25) is 9.59 Å². The summed E-state index contributed by atoms with van der Waals surface area (Å²) >= 11 is 0. The SMILES string of the molecule is O=C(Nc1cccc(-n2ccnc2)c1)C(=O)Nc1ccc2c(c1)CCC2. The smallest absolute Gasteiger partial charge is 0.314 e. The third-order valence-electron chi connectivity index (χ3n) is 4.47. The van der Waals surface area contributed by atoms with Crippen molar-refractivity contribution in [2.45, 2.75) is 19.3 Å². The Morgan fingerprint density at radius 3 is 2.46 bits per heavy atom. The standard InChI is InChI=1S/C20H18N4O2/c25-19(20(26)23-17-8-7-14-3-1-4-15(14)11-17)22-16-5-2-6-18(12-16)24-10-9-21-13-24/h2,5-13H,1,3-4H2,(H,22,25)(H,23,26). The monoisotopic (exact) mass is 346 g/mol. The van der Waals surface area contributed by atoms with Gasteiger partial charge in [0.2, 0.25) is 0 Å². The zero-order chi connectivity index (χ0) is 17.9. The third kappa shape index (κ3) is 3.35. The zero-order valence-corrected chi connectivity index (χ0v) is 14.1. The van der Waals surface area contributed by atoms with E-state index in [1.54, 1.807) is 24.7 Å². The van der Waals surface area contributed by atoms with Crippen molar-refractivity contribution in [2.75, 3.05) is 10.6 Å². The van der Waals surface area contributed by atoms with E-state index in [-0.39, 0.29) is 0 Å². The molecule has 0 saturated heterocycles.